The molecule has 0 aromatic rings. The van der Waals surface area contributed by atoms with E-state index in [4.69, 9.17) is 0 Å². The van der Waals surface area contributed by atoms with E-state index in [1.807, 2.05) is 0 Å². The summed E-state index contributed by atoms with van der Waals surface area (Å²) >= 11 is 3.85. The van der Waals surface area contributed by atoms with E-state index in [-0.39, 0.29) is 4.45 Å². The summed E-state index contributed by atoms with van der Waals surface area (Å²) in [5, 5.41) is 7.10. The van der Waals surface area contributed by atoms with Gasteiger partial charge in [-0.25, -0.2) is 0 Å². The maximum Gasteiger partial charge on any atom is 0.0896 e. The minimum atomic E-state index is 0.149. The molecule has 0 saturated heterocycles. The molecule has 0 aliphatic heterocycles. The van der Waals surface area contributed by atoms with E-state index < -0.39 is 0 Å². The standard InChI is InChI=1S/C10H21BrN2/c1-3-12-9-7-5-6-8-10(9,11)13-4-2/h9,12-13H,3-8H2,1-2H3. The second-order valence-corrected chi connectivity index (χ2v) is 5.16. The molecule has 2 unspecified atom stereocenters. The topological polar surface area (TPSA) is 24.1 Å². The van der Waals surface area contributed by atoms with E-state index in [0.29, 0.717) is 6.04 Å². The van der Waals surface area contributed by atoms with Crippen LogP contribution in [0.4, 0.5) is 0 Å². The van der Waals surface area contributed by atoms with Crippen LogP contribution in [-0.2, 0) is 0 Å². The molecule has 0 spiro atoms. The monoisotopic (exact) mass is 248 g/mol. The van der Waals surface area contributed by atoms with Crippen LogP contribution in [0.25, 0.3) is 0 Å². The Hall–Kier alpha value is 0.400. The summed E-state index contributed by atoms with van der Waals surface area (Å²) in [5.74, 6) is 0. The average Bonchev–Trinajstić information content (AvgIpc) is 2.10. The predicted molar refractivity (Wildman–Crippen MR) is 61.3 cm³/mol. The molecule has 0 amide bonds. The van der Waals surface area contributed by atoms with Gasteiger partial charge in [0.25, 0.3) is 0 Å². The first-order valence-electron chi connectivity index (χ1n) is 5.40. The van der Waals surface area contributed by atoms with E-state index in [2.05, 4.69) is 40.4 Å². The third-order valence-corrected chi connectivity index (χ3v) is 3.99. The van der Waals surface area contributed by atoms with E-state index in [1.54, 1.807) is 0 Å². The Morgan fingerprint density at radius 2 is 2.08 bits per heavy atom. The number of hydrogen-bond donors (Lipinski definition) is 2. The van der Waals surface area contributed by atoms with E-state index in [0.717, 1.165) is 13.1 Å². The van der Waals surface area contributed by atoms with Gasteiger partial charge in [-0.2, -0.15) is 0 Å². The van der Waals surface area contributed by atoms with Crippen molar-refractivity contribution in [1.82, 2.24) is 10.6 Å². The van der Waals surface area contributed by atoms with Gasteiger partial charge in [-0.1, -0.05) is 42.6 Å². The molecule has 2 atom stereocenters. The Morgan fingerprint density at radius 3 is 2.69 bits per heavy atom. The highest BCUT2D eigenvalue weighted by Gasteiger charge is 2.36. The van der Waals surface area contributed by atoms with Crippen molar-refractivity contribution >= 4 is 15.9 Å². The molecule has 0 heterocycles. The SMILES string of the molecule is CCNC1CCCCC1(Br)NCC. The normalized spacial score (nSPS) is 34.8. The third kappa shape index (κ3) is 2.93. The summed E-state index contributed by atoms with van der Waals surface area (Å²) in [7, 11) is 0. The first-order chi connectivity index (χ1) is 6.23. The minimum Gasteiger partial charge on any atom is -0.312 e. The minimum absolute atomic E-state index is 0.149. The summed E-state index contributed by atoms with van der Waals surface area (Å²) in [6.07, 6.45) is 5.21. The average molecular weight is 249 g/mol. The van der Waals surface area contributed by atoms with Crippen LogP contribution in [0, 0.1) is 0 Å². The van der Waals surface area contributed by atoms with Crippen molar-refractivity contribution in [3.05, 3.63) is 0 Å². The number of rotatable bonds is 4. The summed E-state index contributed by atoms with van der Waals surface area (Å²) in [6.45, 7) is 6.44. The molecule has 1 aliphatic carbocycles. The van der Waals surface area contributed by atoms with E-state index in [9.17, 15) is 0 Å². The molecule has 0 radical (unpaired) electrons. The van der Waals surface area contributed by atoms with Crippen LogP contribution >= 0.6 is 15.9 Å². The van der Waals surface area contributed by atoms with Gasteiger partial charge in [0.15, 0.2) is 0 Å². The van der Waals surface area contributed by atoms with Crippen LogP contribution in [0.2, 0.25) is 0 Å². The fourth-order valence-corrected chi connectivity index (χ4v) is 3.10. The summed E-state index contributed by atoms with van der Waals surface area (Å²) in [5.41, 5.74) is 0. The molecule has 0 bridgehead atoms. The van der Waals surface area contributed by atoms with Crippen molar-refractivity contribution in [2.75, 3.05) is 13.1 Å². The fourth-order valence-electron chi connectivity index (χ4n) is 2.15. The van der Waals surface area contributed by atoms with Gasteiger partial charge in [-0.3, -0.25) is 0 Å². The fraction of sp³-hybridized carbons (Fsp3) is 1.00. The highest BCUT2D eigenvalue weighted by Crippen LogP contribution is 2.33. The predicted octanol–water partition coefficient (Wildman–Crippen LogP) is 2.24. The molecule has 13 heavy (non-hydrogen) atoms. The van der Waals surface area contributed by atoms with Crippen LogP contribution < -0.4 is 10.6 Å². The number of halogens is 1. The Kier molecular flexibility index (Phi) is 4.70. The van der Waals surface area contributed by atoms with Crippen LogP contribution in [-0.4, -0.2) is 23.6 Å². The molecule has 1 aliphatic rings. The second kappa shape index (κ2) is 5.32. The van der Waals surface area contributed by atoms with Gasteiger partial charge < -0.3 is 10.6 Å². The molecule has 1 rings (SSSR count). The van der Waals surface area contributed by atoms with Crippen molar-refractivity contribution in [2.24, 2.45) is 0 Å². The number of likely N-dealkylation sites (N-methyl/N-ethyl adjacent to an activating group) is 2. The lowest BCUT2D eigenvalue weighted by Gasteiger charge is -2.40. The van der Waals surface area contributed by atoms with Crippen LogP contribution in [0.15, 0.2) is 0 Å². The van der Waals surface area contributed by atoms with Gasteiger partial charge >= 0.3 is 0 Å². The van der Waals surface area contributed by atoms with E-state index >= 15 is 0 Å². The molecular weight excluding hydrogens is 228 g/mol. The lowest BCUT2D eigenvalue weighted by atomic mass is 9.90. The van der Waals surface area contributed by atoms with Crippen molar-refractivity contribution in [1.29, 1.82) is 0 Å². The van der Waals surface area contributed by atoms with Gasteiger partial charge in [0, 0.05) is 6.04 Å². The maximum absolute atomic E-state index is 3.85. The van der Waals surface area contributed by atoms with E-state index in [1.165, 1.54) is 25.7 Å². The Balaban J connectivity index is 2.54. The number of alkyl halides is 1. The molecule has 1 saturated carbocycles. The van der Waals surface area contributed by atoms with Crippen LogP contribution in [0.1, 0.15) is 39.5 Å². The van der Waals surface area contributed by atoms with Gasteiger partial charge in [0.1, 0.15) is 0 Å². The molecule has 78 valence electrons. The summed E-state index contributed by atoms with van der Waals surface area (Å²) in [4.78, 5) is 0. The zero-order valence-electron chi connectivity index (χ0n) is 8.70. The molecule has 1 fully saturated rings. The second-order valence-electron chi connectivity index (χ2n) is 3.75. The van der Waals surface area contributed by atoms with Crippen molar-refractivity contribution in [3.8, 4) is 0 Å². The summed E-state index contributed by atoms with van der Waals surface area (Å²) < 4.78 is 0.149. The largest absolute Gasteiger partial charge is 0.312 e. The zero-order valence-corrected chi connectivity index (χ0v) is 10.3. The first kappa shape index (κ1) is 11.5. The lowest BCUT2D eigenvalue weighted by molar-refractivity contribution is 0.267. The van der Waals surface area contributed by atoms with Crippen LogP contribution in [0.3, 0.4) is 0 Å². The maximum atomic E-state index is 3.85. The number of hydrogen-bond acceptors (Lipinski definition) is 2. The van der Waals surface area contributed by atoms with Gasteiger partial charge in [-0.15, -0.1) is 0 Å². The van der Waals surface area contributed by atoms with Crippen molar-refractivity contribution < 1.29 is 0 Å². The first-order valence-corrected chi connectivity index (χ1v) is 6.19. The molecule has 0 aromatic carbocycles. The molecular formula is C10H21BrN2. The number of nitrogens with one attached hydrogen (secondary N) is 2. The molecule has 2 nitrogen and oxygen atoms in total. The molecule has 3 heteroatoms. The smallest absolute Gasteiger partial charge is 0.0896 e. The zero-order chi connectivity index (χ0) is 9.73. The van der Waals surface area contributed by atoms with Gasteiger partial charge in [-0.05, 0) is 25.9 Å². The third-order valence-electron chi connectivity index (χ3n) is 2.76. The molecule has 0 aromatic heterocycles. The Morgan fingerprint density at radius 1 is 1.31 bits per heavy atom. The Labute approximate surface area is 90.0 Å². The van der Waals surface area contributed by atoms with Gasteiger partial charge in [0.2, 0.25) is 0 Å². The molecule has 2 N–H and O–H groups in total. The van der Waals surface area contributed by atoms with Gasteiger partial charge in [0.05, 0.1) is 4.45 Å². The van der Waals surface area contributed by atoms with Crippen molar-refractivity contribution in [3.63, 3.8) is 0 Å². The van der Waals surface area contributed by atoms with Crippen molar-refractivity contribution in [2.45, 2.75) is 50.0 Å². The Bertz CT molecular complexity index is 146. The highest BCUT2D eigenvalue weighted by molar-refractivity contribution is 9.10. The quantitative estimate of drug-likeness (QED) is 0.589. The van der Waals surface area contributed by atoms with Crippen LogP contribution in [0.5, 0.6) is 0 Å². The highest BCUT2D eigenvalue weighted by atomic mass is 79.9. The summed E-state index contributed by atoms with van der Waals surface area (Å²) in [6, 6.07) is 0.589. The lowest BCUT2D eigenvalue weighted by Crippen LogP contribution is -2.57.